The molecule has 2 aromatic heterocycles. The van der Waals surface area contributed by atoms with Crippen LogP contribution in [0.1, 0.15) is 11.5 Å². The normalized spacial score (nSPS) is 11.1. The number of aryl methyl sites for hydroxylation is 2. The number of methoxy groups -OCH3 is 1. The molecule has 4 rings (SSSR count). The predicted molar refractivity (Wildman–Crippen MR) is 101 cm³/mol. The lowest BCUT2D eigenvalue weighted by molar-refractivity contribution is 0.0303. The van der Waals surface area contributed by atoms with Gasteiger partial charge in [-0.25, -0.2) is 0 Å². The number of ether oxygens (including phenoxy) is 1. The van der Waals surface area contributed by atoms with E-state index in [1.807, 2.05) is 60.0 Å². The van der Waals surface area contributed by atoms with Gasteiger partial charge in [0, 0.05) is 11.1 Å². The van der Waals surface area contributed by atoms with E-state index in [4.69, 9.17) is 9.26 Å². The van der Waals surface area contributed by atoms with Crippen LogP contribution in [-0.4, -0.2) is 27.2 Å². The summed E-state index contributed by atoms with van der Waals surface area (Å²) in [6, 6.07) is 15.1. The van der Waals surface area contributed by atoms with Crippen LogP contribution in [0.4, 0.5) is 5.69 Å². The second kappa shape index (κ2) is 6.46. The molecule has 0 unspecified atom stereocenters. The summed E-state index contributed by atoms with van der Waals surface area (Å²) in [7, 11) is 1.61. The minimum absolute atomic E-state index is 0.156. The van der Waals surface area contributed by atoms with E-state index in [-0.39, 0.29) is 10.9 Å². The largest absolute Gasteiger partial charge is 0.497 e. The van der Waals surface area contributed by atoms with Crippen molar-refractivity contribution in [3.8, 4) is 22.7 Å². The maximum Gasteiger partial charge on any atom is 0.143 e. The molecule has 138 valence electrons. The van der Waals surface area contributed by atoms with Crippen LogP contribution < -0.4 is 9.96 Å². The number of nitrogens with zero attached hydrogens (tertiary/aromatic N) is 3. The zero-order valence-electron chi connectivity index (χ0n) is 15.2. The lowest BCUT2D eigenvalue weighted by Gasteiger charge is -2.14. The summed E-state index contributed by atoms with van der Waals surface area (Å²) in [5.41, 5.74) is 3.88. The Labute approximate surface area is 155 Å². The lowest BCUT2D eigenvalue weighted by atomic mass is 10.1. The summed E-state index contributed by atoms with van der Waals surface area (Å²) in [4.78, 5) is 0. The van der Waals surface area contributed by atoms with Gasteiger partial charge in [-0.05, 0) is 44.2 Å². The zero-order chi connectivity index (χ0) is 19.1. The number of fused-ring (bicyclic) bond motifs is 1. The third-order valence-corrected chi connectivity index (χ3v) is 4.65. The van der Waals surface area contributed by atoms with E-state index >= 15 is 0 Å². The summed E-state index contributed by atoms with van der Waals surface area (Å²) >= 11 is 0. The van der Waals surface area contributed by atoms with Crippen LogP contribution in [0.5, 0.6) is 5.75 Å². The van der Waals surface area contributed by atoms with Gasteiger partial charge < -0.3 is 13.8 Å². The Morgan fingerprint density at radius 3 is 2.33 bits per heavy atom. The molecule has 0 spiro atoms. The first kappa shape index (κ1) is 17.1. The average molecular weight is 365 g/mol. The van der Waals surface area contributed by atoms with Crippen LogP contribution in [0, 0.1) is 13.8 Å². The van der Waals surface area contributed by atoms with Crippen molar-refractivity contribution in [2.45, 2.75) is 13.8 Å². The Bertz CT molecular complexity index is 1090. The fraction of sp³-hybridized carbons (Fsp3) is 0.150. The van der Waals surface area contributed by atoms with Crippen LogP contribution in [-0.2, 0) is 0 Å². The minimum atomic E-state index is 0.156. The maximum absolute atomic E-state index is 10.0. The van der Waals surface area contributed by atoms with E-state index in [2.05, 4.69) is 5.16 Å². The van der Waals surface area contributed by atoms with E-state index < -0.39 is 0 Å². The molecule has 0 saturated heterocycles. The molecule has 0 aliphatic rings. The molecule has 0 radical (unpaired) electrons. The molecule has 0 amide bonds. The average Bonchev–Trinajstić information content (AvgIpc) is 3.18. The highest BCUT2D eigenvalue weighted by molar-refractivity contribution is 6.03. The Morgan fingerprint density at radius 1 is 1.04 bits per heavy atom. The van der Waals surface area contributed by atoms with E-state index in [9.17, 15) is 10.4 Å². The molecule has 4 aromatic rings. The van der Waals surface area contributed by atoms with Gasteiger partial charge >= 0.3 is 0 Å². The van der Waals surface area contributed by atoms with Crippen molar-refractivity contribution in [1.82, 2.24) is 9.72 Å². The Hall–Kier alpha value is -3.29. The first-order valence-corrected chi connectivity index (χ1v) is 8.42. The molecule has 0 fully saturated rings. The third kappa shape index (κ3) is 2.64. The molecular weight excluding hydrogens is 346 g/mol. The molecular formula is C20H19N3O4. The summed E-state index contributed by atoms with van der Waals surface area (Å²) in [6.07, 6.45) is 0. The second-order valence-corrected chi connectivity index (χ2v) is 6.24. The SMILES string of the molecule is COc1ccc(-n2c(-c3c(C)noc3C)c(N(O)O)c3ccccc32)cc1. The molecule has 7 heteroatoms. The molecule has 2 N–H and O–H groups in total. The predicted octanol–water partition coefficient (Wildman–Crippen LogP) is 4.50. The highest BCUT2D eigenvalue weighted by Crippen LogP contribution is 2.43. The van der Waals surface area contributed by atoms with Gasteiger partial charge in [-0.15, -0.1) is 5.23 Å². The maximum atomic E-state index is 10.0. The molecule has 2 aromatic carbocycles. The van der Waals surface area contributed by atoms with Crippen molar-refractivity contribution < 1.29 is 19.7 Å². The number of hydrogen-bond donors (Lipinski definition) is 2. The van der Waals surface area contributed by atoms with Gasteiger partial charge in [0.1, 0.15) is 17.2 Å². The van der Waals surface area contributed by atoms with Gasteiger partial charge in [0.2, 0.25) is 0 Å². The first-order chi connectivity index (χ1) is 13.0. The van der Waals surface area contributed by atoms with E-state index in [0.717, 1.165) is 17.0 Å². The second-order valence-electron chi connectivity index (χ2n) is 6.24. The molecule has 27 heavy (non-hydrogen) atoms. The van der Waals surface area contributed by atoms with Crippen LogP contribution >= 0.6 is 0 Å². The van der Waals surface area contributed by atoms with E-state index in [1.165, 1.54) is 0 Å². The van der Waals surface area contributed by atoms with Crippen molar-refractivity contribution in [2.75, 3.05) is 12.3 Å². The van der Waals surface area contributed by atoms with E-state index in [0.29, 0.717) is 28.1 Å². The number of rotatable bonds is 4. The summed E-state index contributed by atoms with van der Waals surface area (Å²) in [5, 5.41) is 24.9. The molecule has 2 heterocycles. The third-order valence-electron chi connectivity index (χ3n) is 4.65. The zero-order valence-corrected chi connectivity index (χ0v) is 15.2. The number of aromatic nitrogens is 2. The quantitative estimate of drug-likeness (QED) is 0.518. The number of hydrogen-bond acceptors (Lipinski definition) is 6. The van der Waals surface area contributed by atoms with Crippen molar-refractivity contribution in [3.63, 3.8) is 0 Å². The fourth-order valence-corrected chi connectivity index (χ4v) is 3.48. The van der Waals surface area contributed by atoms with Gasteiger partial charge in [0.25, 0.3) is 0 Å². The summed E-state index contributed by atoms with van der Waals surface area (Å²) < 4.78 is 12.6. The minimum Gasteiger partial charge on any atom is -0.497 e. The van der Waals surface area contributed by atoms with Crippen LogP contribution in [0.15, 0.2) is 53.1 Å². The molecule has 7 nitrogen and oxygen atoms in total. The summed E-state index contributed by atoms with van der Waals surface area (Å²) in [5.74, 6) is 1.33. The molecule has 0 aliphatic heterocycles. The highest BCUT2D eigenvalue weighted by atomic mass is 16.8. The van der Waals surface area contributed by atoms with Crippen molar-refractivity contribution >= 4 is 16.6 Å². The number of anilines is 1. The Morgan fingerprint density at radius 2 is 1.74 bits per heavy atom. The van der Waals surface area contributed by atoms with Gasteiger partial charge in [-0.2, -0.15) is 0 Å². The Balaban J connectivity index is 2.14. The number of benzene rings is 2. The van der Waals surface area contributed by atoms with Crippen molar-refractivity contribution in [2.24, 2.45) is 0 Å². The van der Waals surface area contributed by atoms with Gasteiger partial charge in [0.15, 0.2) is 0 Å². The van der Waals surface area contributed by atoms with Crippen LogP contribution in [0.3, 0.4) is 0 Å². The smallest absolute Gasteiger partial charge is 0.143 e. The van der Waals surface area contributed by atoms with Gasteiger partial charge in [-0.1, -0.05) is 23.4 Å². The molecule has 0 saturated carbocycles. The fourth-order valence-electron chi connectivity index (χ4n) is 3.48. The van der Waals surface area contributed by atoms with Crippen molar-refractivity contribution in [3.05, 3.63) is 60.0 Å². The first-order valence-electron chi connectivity index (χ1n) is 8.42. The lowest BCUT2D eigenvalue weighted by Crippen LogP contribution is -2.12. The molecule has 0 aliphatic carbocycles. The highest BCUT2D eigenvalue weighted by Gasteiger charge is 2.27. The summed E-state index contributed by atoms with van der Waals surface area (Å²) in [6.45, 7) is 3.62. The van der Waals surface area contributed by atoms with Crippen LogP contribution in [0.2, 0.25) is 0 Å². The van der Waals surface area contributed by atoms with E-state index in [1.54, 1.807) is 14.0 Å². The number of para-hydroxylation sites is 1. The molecule has 0 atom stereocenters. The van der Waals surface area contributed by atoms with Gasteiger partial charge in [0.05, 0.1) is 29.6 Å². The Kier molecular flexibility index (Phi) is 4.10. The standard InChI is InChI=1S/C20H19N3O4/c1-12-18(13(2)27-21-12)20-19(23(24)25)16-6-4-5-7-17(16)22(20)14-8-10-15(26-3)11-9-14/h4-11,24-25H,1-3H3. The topological polar surface area (TPSA) is 83.9 Å². The van der Waals surface area contributed by atoms with Crippen molar-refractivity contribution in [1.29, 1.82) is 0 Å². The molecule has 0 bridgehead atoms. The van der Waals surface area contributed by atoms with Gasteiger partial charge in [-0.3, -0.25) is 10.4 Å². The van der Waals surface area contributed by atoms with Crippen LogP contribution in [0.25, 0.3) is 27.8 Å². The monoisotopic (exact) mass is 365 g/mol.